The van der Waals surface area contributed by atoms with Gasteiger partial charge in [-0.3, -0.25) is 9.79 Å². The first-order valence-electron chi connectivity index (χ1n) is 8.32. The van der Waals surface area contributed by atoms with Crippen LogP contribution in [0.5, 0.6) is 0 Å². The highest BCUT2D eigenvalue weighted by Crippen LogP contribution is 2.29. The molecular formula is C19H19ClN2O3S. The number of halogens is 1. The normalized spacial score (nSPS) is 14.6. The summed E-state index contributed by atoms with van der Waals surface area (Å²) >= 11 is 6.18. The maximum Gasteiger partial charge on any atom is 0.248 e. The largest absolute Gasteiger partial charge is 0.309 e. The van der Waals surface area contributed by atoms with E-state index in [0.717, 1.165) is 11.1 Å². The third kappa shape index (κ3) is 3.97. The zero-order valence-corrected chi connectivity index (χ0v) is 15.9. The molecule has 1 heterocycles. The van der Waals surface area contributed by atoms with E-state index in [1.165, 1.54) is 4.90 Å². The zero-order chi connectivity index (χ0) is 18.7. The van der Waals surface area contributed by atoms with E-state index in [9.17, 15) is 13.2 Å². The second-order valence-electron chi connectivity index (χ2n) is 5.97. The fourth-order valence-corrected chi connectivity index (χ4v) is 3.77. The summed E-state index contributed by atoms with van der Waals surface area (Å²) in [6.45, 7) is 1.66. The molecule has 0 unspecified atom stereocenters. The molecule has 1 aliphatic heterocycles. The van der Waals surface area contributed by atoms with Crippen LogP contribution < -0.4 is 4.90 Å². The first-order chi connectivity index (χ1) is 12.4. The van der Waals surface area contributed by atoms with E-state index in [1.54, 1.807) is 25.1 Å². The Morgan fingerprint density at radius 1 is 1.15 bits per heavy atom. The standard InChI is InChI=1S/C19H19ClN2O3S/c1-2-26(24,25)11-10-22-17-9-8-15(20)12-16(17)19(21-13-18(22)23)14-6-4-3-5-7-14/h3-9,12H,2,10-11,13H2,1H3. The van der Waals surface area contributed by atoms with E-state index in [2.05, 4.69) is 4.99 Å². The smallest absolute Gasteiger partial charge is 0.248 e. The highest BCUT2D eigenvalue weighted by molar-refractivity contribution is 7.91. The Morgan fingerprint density at radius 3 is 2.58 bits per heavy atom. The molecule has 2 aromatic rings. The number of fused-ring (bicyclic) bond motifs is 1. The summed E-state index contributed by atoms with van der Waals surface area (Å²) in [4.78, 5) is 18.6. The number of aliphatic imine (C=N–C) groups is 1. The number of carbonyl (C=O) groups is 1. The monoisotopic (exact) mass is 390 g/mol. The Labute approximate surface area is 158 Å². The summed E-state index contributed by atoms with van der Waals surface area (Å²) in [5, 5.41) is 0.530. The molecule has 26 heavy (non-hydrogen) atoms. The molecule has 0 atom stereocenters. The first-order valence-corrected chi connectivity index (χ1v) is 10.5. The van der Waals surface area contributed by atoms with Gasteiger partial charge in [0.05, 0.1) is 17.2 Å². The van der Waals surface area contributed by atoms with Gasteiger partial charge >= 0.3 is 0 Å². The summed E-state index contributed by atoms with van der Waals surface area (Å²) in [5.74, 6) is -0.266. The zero-order valence-electron chi connectivity index (χ0n) is 14.4. The van der Waals surface area contributed by atoms with Crippen LogP contribution in [0.2, 0.25) is 5.02 Å². The molecule has 0 radical (unpaired) electrons. The Kier molecular flexibility index (Phi) is 5.44. The average Bonchev–Trinajstić information content (AvgIpc) is 2.77. The molecule has 3 rings (SSSR count). The second kappa shape index (κ2) is 7.60. The molecule has 0 saturated heterocycles. The number of carbonyl (C=O) groups excluding carboxylic acids is 1. The first kappa shape index (κ1) is 18.6. The summed E-state index contributed by atoms with van der Waals surface area (Å²) in [5.41, 5.74) is 2.92. The van der Waals surface area contributed by atoms with Crippen molar-refractivity contribution < 1.29 is 13.2 Å². The lowest BCUT2D eigenvalue weighted by Crippen LogP contribution is -2.36. The molecule has 2 aromatic carbocycles. The number of anilines is 1. The molecule has 1 amide bonds. The average molecular weight is 391 g/mol. The maximum absolute atomic E-state index is 12.6. The molecule has 7 heteroatoms. The highest BCUT2D eigenvalue weighted by Gasteiger charge is 2.26. The van der Waals surface area contributed by atoms with Gasteiger partial charge in [0.2, 0.25) is 5.91 Å². The van der Waals surface area contributed by atoms with Crippen LogP contribution in [0, 0.1) is 0 Å². The number of hydrogen-bond acceptors (Lipinski definition) is 4. The molecule has 0 fully saturated rings. The van der Waals surface area contributed by atoms with Crippen molar-refractivity contribution in [2.75, 3.05) is 29.5 Å². The van der Waals surface area contributed by atoms with E-state index in [4.69, 9.17) is 11.6 Å². The van der Waals surface area contributed by atoms with Gasteiger partial charge in [0.1, 0.15) is 6.54 Å². The van der Waals surface area contributed by atoms with Crippen LogP contribution in [0.15, 0.2) is 53.5 Å². The van der Waals surface area contributed by atoms with E-state index >= 15 is 0 Å². The fourth-order valence-electron chi connectivity index (χ4n) is 2.85. The molecule has 136 valence electrons. The van der Waals surface area contributed by atoms with Gasteiger partial charge in [-0.1, -0.05) is 48.9 Å². The Bertz CT molecular complexity index is 956. The lowest BCUT2D eigenvalue weighted by atomic mass is 10.0. The molecular weight excluding hydrogens is 372 g/mol. The molecule has 0 saturated carbocycles. The predicted molar refractivity (Wildman–Crippen MR) is 105 cm³/mol. The lowest BCUT2D eigenvalue weighted by molar-refractivity contribution is -0.117. The lowest BCUT2D eigenvalue weighted by Gasteiger charge is -2.23. The number of hydrogen-bond donors (Lipinski definition) is 0. The summed E-state index contributed by atoms with van der Waals surface area (Å²) in [6.07, 6.45) is 0. The molecule has 0 bridgehead atoms. The van der Waals surface area contributed by atoms with Gasteiger partial charge in [-0.2, -0.15) is 0 Å². The van der Waals surface area contributed by atoms with E-state index in [-0.39, 0.29) is 30.5 Å². The van der Waals surface area contributed by atoms with Gasteiger partial charge < -0.3 is 4.90 Å². The van der Waals surface area contributed by atoms with E-state index < -0.39 is 9.84 Å². The topological polar surface area (TPSA) is 66.8 Å². The van der Waals surface area contributed by atoms with Crippen molar-refractivity contribution in [2.24, 2.45) is 4.99 Å². The Balaban J connectivity index is 2.06. The quantitative estimate of drug-likeness (QED) is 0.788. The van der Waals surface area contributed by atoms with Crippen LogP contribution in [0.1, 0.15) is 18.1 Å². The summed E-state index contributed by atoms with van der Waals surface area (Å²) in [7, 11) is -3.19. The van der Waals surface area contributed by atoms with Crippen LogP contribution in [-0.2, 0) is 14.6 Å². The van der Waals surface area contributed by atoms with Gasteiger partial charge in [-0.25, -0.2) is 8.42 Å². The van der Waals surface area contributed by atoms with Crippen molar-refractivity contribution >= 4 is 38.7 Å². The molecule has 0 N–H and O–H groups in total. The minimum atomic E-state index is -3.19. The van der Waals surface area contributed by atoms with Gasteiger partial charge in [-0.05, 0) is 18.2 Å². The number of benzene rings is 2. The number of rotatable bonds is 5. The van der Waals surface area contributed by atoms with Crippen molar-refractivity contribution in [2.45, 2.75) is 6.92 Å². The van der Waals surface area contributed by atoms with E-state index in [0.29, 0.717) is 16.4 Å². The third-order valence-corrected chi connectivity index (χ3v) is 6.21. The van der Waals surface area contributed by atoms with Crippen LogP contribution in [-0.4, -0.2) is 44.6 Å². The minimum Gasteiger partial charge on any atom is -0.309 e. The number of nitrogens with zero attached hydrogens (tertiary/aromatic N) is 2. The van der Waals surface area contributed by atoms with E-state index in [1.807, 2.05) is 30.3 Å². The second-order valence-corrected chi connectivity index (χ2v) is 8.88. The van der Waals surface area contributed by atoms with Crippen LogP contribution in [0.25, 0.3) is 0 Å². The van der Waals surface area contributed by atoms with Gasteiger partial charge in [0.15, 0.2) is 9.84 Å². The van der Waals surface area contributed by atoms with Gasteiger partial charge in [0, 0.05) is 28.4 Å². The fraction of sp³-hybridized carbons (Fsp3) is 0.263. The van der Waals surface area contributed by atoms with Crippen LogP contribution >= 0.6 is 11.6 Å². The Hall–Kier alpha value is -2.18. The van der Waals surface area contributed by atoms with Crippen LogP contribution in [0.4, 0.5) is 5.69 Å². The molecule has 0 aromatic heterocycles. The predicted octanol–water partition coefficient (Wildman–Crippen LogP) is 2.96. The van der Waals surface area contributed by atoms with Crippen molar-refractivity contribution in [3.05, 3.63) is 64.7 Å². The molecule has 5 nitrogen and oxygen atoms in total. The van der Waals surface area contributed by atoms with Gasteiger partial charge in [0.25, 0.3) is 0 Å². The number of amides is 1. The van der Waals surface area contributed by atoms with Gasteiger partial charge in [-0.15, -0.1) is 0 Å². The maximum atomic E-state index is 12.6. The van der Waals surface area contributed by atoms with Crippen molar-refractivity contribution in [1.82, 2.24) is 0 Å². The minimum absolute atomic E-state index is 0.0390. The van der Waals surface area contributed by atoms with Crippen molar-refractivity contribution in [3.63, 3.8) is 0 Å². The van der Waals surface area contributed by atoms with Crippen molar-refractivity contribution in [3.8, 4) is 0 Å². The summed E-state index contributed by atoms with van der Waals surface area (Å²) in [6, 6.07) is 14.8. The number of sulfone groups is 1. The SMILES string of the molecule is CCS(=O)(=O)CCN1C(=O)CN=C(c2ccccc2)c2cc(Cl)ccc21. The molecule has 0 spiro atoms. The number of benzodiazepines with no additional fused rings is 1. The summed E-state index contributed by atoms with van der Waals surface area (Å²) < 4.78 is 23.8. The molecule has 1 aliphatic rings. The molecule has 0 aliphatic carbocycles. The third-order valence-electron chi connectivity index (χ3n) is 4.29. The van der Waals surface area contributed by atoms with Crippen molar-refractivity contribution in [1.29, 1.82) is 0 Å². The highest BCUT2D eigenvalue weighted by atomic mass is 35.5. The Morgan fingerprint density at radius 2 is 1.88 bits per heavy atom. The van der Waals surface area contributed by atoms with Crippen LogP contribution in [0.3, 0.4) is 0 Å².